The van der Waals surface area contributed by atoms with Crippen LogP contribution in [0, 0.1) is 5.92 Å². The molecule has 1 aromatic rings. The maximum absolute atomic E-state index is 11.9. The minimum atomic E-state index is -4.79. The van der Waals surface area contributed by atoms with E-state index >= 15 is 0 Å². The molecule has 1 unspecified atom stereocenters. The largest absolute Gasteiger partial charge is 0.296 e. The molecular weight excluding hydrogens is 400 g/mol. The van der Waals surface area contributed by atoms with Gasteiger partial charge in [0.2, 0.25) is 0 Å². The lowest BCUT2D eigenvalue weighted by molar-refractivity contribution is 0.400. The summed E-state index contributed by atoms with van der Waals surface area (Å²) in [6.07, 6.45) is 11.1. The van der Waals surface area contributed by atoms with Crippen LogP contribution in [-0.2, 0) is 26.7 Å². The Morgan fingerprint density at radius 2 is 1.32 bits per heavy atom. The maximum Gasteiger partial charge on any atom is 0.296 e. The van der Waals surface area contributed by atoms with Crippen molar-refractivity contribution in [3.8, 4) is 0 Å². The third-order valence-corrected chi connectivity index (χ3v) is 7.06. The van der Waals surface area contributed by atoms with Crippen LogP contribution in [-0.4, -0.2) is 25.9 Å². The van der Waals surface area contributed by atoms with Gasteiger partial charge in [-0.3, -0.25) is 9.11 Å². The summed E-state index contributed by atoms with van der Waals surface area (Å²) in [5.74, 6) is 0.199. The molecule has 0 aliphatic heterocycles. The zero-order chi connectivity index (χ0) is 21.2. The van der Waals surface area contributed by atoms with E-state index in [0.29, 0.717) is 6.42 Å². The first-order chi connectivity index (χ1) is 13.1. The van der Waals surface area contributed by atoms with Crippen LogP contribution < -0.4 is 0 Å². The van der Waals surface area contributed by atoms with Crippen molar-refractivity contribution in [2.45, 2.75) is 94.3 Å². The van der Waals surface area contributed by atoms with E-state index in [1.165, 1.54) is 31.4 Å². The van der Waals surface area contributed by atoms with E-state index in [1.54, 1.807) is 0 Å². The molecule has 0 fully saturated rings. The predicted octanol–water partition coefficient (Wildman–Crippen LogP) is 5.28. The van der Waals surface area contributed by atoms with Gasteiger partial charge in [-0.25, -0.2) is 0 Å². The van der Waals surface area contributed by atoms with Gasteiger partial charge in [-0.1, -0.05) is 90.2 Å². The van der Waals surface area contributed by atoms with Crippen molar-refractivity contribution < 1.29 is 25.9 Å². The topological polar surface area (TPSA) is 109 Å². The lowest BCUT2D eigenvalue weighted by Gasteiger charge is -2.19. The summed E-state index contributed by atoms with van der Waals surface area (Å²) in [4.78, 5) is -1.45. The molecule has 0 aliphatic rings. The average molecular weight is 435 g/mol. The molecule has 1 aromatic carbocycles. The molecule has 1 atom stereocenters. The summed E-state index contributed by atoms with van der Waals surface area (Å²) < 4.78 is 66.0. The van der Waals surface area contributed by atoms with Gasteiger partial charge in [0.25, 0.3) is 20.2 Å². The number of rotatable bonds is 14. The van der Waals surface area contributed by atoms with Gasteiger partial charge in [0, 0.05) is 0 Å². The summed E-state index contributed by atoms with van der Waals surface area (Å²) in [6, 6.07) is 3.91. The van der Waals surface area contributed by atoms with E-state index in [-0.39, 0.29) is 11.5 Å². The summed E-state index contributed by atoms with van der Waals surface area (Å²) in [6.45, 7) is 4.28. The number of hydrogen-bond acceptors (Lipinski definition) is 4. The van der Waals surface area contributed by atoms with Crippen LogP contribution in [0.5, 0.6) is 0 Å². The molecule has 0 amide bonds. The van der Waals surface area contributed by atoms with E-state index in [2.05, 4.69) is 13.8 Å². The molecule has 162 valence electrons. The fourth-order valence-corrected chi connectivity index (χ4v) is 5.65. The Balaban J connectivity index is 3.08. The zero-order valence-corrected chi connectivity index (χ0v) is 18.6. The molecule has 0 spiro atoms. The molecule has 0 bridgehead atoms. The standard InChI is InChI=1S/C20H34O6S2/c1-3-5-7-8-10-13-17(12-9-6-4-2)16-18-14-11-15-19(27(21,22)23)20(18)28(24,25)26/h11,14-15,17H,3-10,12-13,16H2,1-2H3,(H,21,22,23)(H,24,25,26). The molecule has 6 nitrogen and oxygen atoms in total. The monoisotopic (exact) mass is 434 g/mol. The molecule has 1 rings (SSSR count). The predicted molar refractivity (Wildman–Crippen MR) is 111 cm³/mol. The van der Waals surface area contributed by atoms with Crippen molar-refractivity contribution >= 4 is 20.2 Å². The fourth-order valence-electron chi connectivity index (χ4n) is 3.60. The summed E-state index contributed by atoms with van der Waals surface area (Å²) in [5, 5.41) is 0. The van der Waals surface area contributed by atoms with Crippen LogP contribution in [0.25, 0.3) is 0 Å². The third-order valence-electron chi connectivity index (χ3n) is 5.04. The highest BCUT2D eigenvalue weighted by molar-refractivity contribution is 7.89. The van der Waals surface area contributed by atoms with Crippen LogP contribution in [0.15, 0.2) is 28.0 Å². The first-order valence-corrected chi connectivity index (χ1v) is 13.1. The number of benzene rings is 1. The van der Waals surface area contributed by atoms with Crippen LogP contribution >= 0.6 is 0 Å². The normalized spacial score (nSPS) is 13.6. The number of hydrogen-bond donors (Lipinski definition) is 2. The Morgan fingerprint density at radius 3 is 1.86 bits per heavy atom. The molecule has 0 heterocycles. The highest BCUT2D eigenvalue weighted by atomic mass is 32.2. The van der Waals surface area contributed by atoms with Gasteiger partial charge in [0.05, 0.1) is 0 Å². The first-order valence-electron chi connectivity index (χ1n) is 10.2. The van der Waals surface area contributed by atoms with Crippen molar-refractivity contribution in [1.82, 2.24) is 0 Å². The molecule has 0 radical (unpaired) electrons. The fraction of sp³-hybridized carbons (Fsp3) is 0.700. The Bertz CT molecular complexity index is 800. The molecule has 0 aliphatic carbocycles. The highest BCUT2D eigenvalue weighted by Crippen LogP contribution is 2.30. The summed E-state index contributed by atoms with van der Waals surface area (Å²) in [7, 11) is -9.55. The molecule has 8 heteroatoms. The molecule has 0 saturated heterocycles. The smallest absolute Gasteiger partial charge is 0.282 e. The van der Waals surface area contributed by atoms with Gasteiger partial charge in [-0.15, -0.1) is 0 Å². The van der Waals surface area contributed by atoms with Gasteiger partial charge in [0.1, 0.15) is 9.79 Å². The van der Waals surface area contributed by atoms with Crippen molar-refractivity contribution in [1.29, 1.82) is 0 Å². The van der Waals surface area contributed by atoms with Crippen LogP contribution in [0.4, 0.5) is 0 Å². The zero-order valence-electron chi connectivity index (χ0n) is 16.9. The minimum absolute atomic E-state index is 0.199. The van der Waals surface area contributed by atoms with Gasteiger partial charge in [-0.2, -0.15) is 16.8 Å². The lowest BCUT2D eigenvalue weighted by Crippen LogP contribution is -2.14. The summed E-state index contributed by atoms with van der Waals surface area (Å²) in [5.41, 5.74) is 0.243. The van der Waals surface area contributed by atoms with Crippen LogP contribution in [0.2, 0.25) is 0 Å². The molecule has 28 heavy (non-hydrogen) atoms. The Kier molecular flexibility index (Phi) is 10.7. The van der Waals surface area contributed by atoms with Crippen molar-refractivity contribution in [3.63, 3.8) is 0 Å². The highest BCUT2D eigenvalue weighted by Gasteiger charge is 2.28. The van der Waals surface area contributed by atoms with Gasteiger partial charge in [-0.05, 0) is 24.0 Å². The van der Waals surface area contributed by atoms with Gasteiger partial charge < -0.3 is 0 Å². The Labute approximate surface area is 170 Å². The van der Waals surface area contributed by atoms with Crippen LogP contribution in [0.1, 0.15) is 83.6 Å². The second kappa shape index (κ2) is 11.9. The van der Waals surface area contributed by atoms with Crippen molar-refractivity contribution in [2.75, 3.05) is 0 Å². The van der Waals surface area contributed by atoms with Crippen molar-refractivity contribution in [3.05, 3.63) is 23.8 Å². The van der Waals surface area contributed by atoms with Gasteiger partial charge in [0.15, 0.2) is 0 Å². The quantitative estimate of drug-likeness (QED) is 0.304. The third kappa shape index (κ3) is 8.59. The van der Waals surface area contributed by atoms with Crippen LogP contribution in [0.3, 0.4) is 0 Å². The van der Waals surface area contributed by atoms with E-state index < -0.39 is 30.0 Å². The lowest BCUT2D eigenvalue weighted by atomic mass is 9.89. The summed E-state index contributed by atoms with van der Waals surface area (Å²) >= 11 is 0. The number of unbranched alkanes of at least 4 members (excludes halogenated alkanes) is 6. The first kappa shape index (κ1) is 25.1. The Hall–Kier alpha value is -0.960. The molecule has 0 aromatic heterocycles. The van der Waals surface area contributed by atoms with E-state index in [4.69, 9.17) is 0 Å². The van der Waals surface area contributed by atoms with E-state index in [9.17, 15) is 25.9 Å². The minimum Gasteiger partial charge on any atom is -0.282 e. The average Bonchev–Trinajstić information content (AvgIpc) is 2.59. The van der Waals surface area contributed by atoms with Crippen molar-refractivity contribution in [2.24, 2.45) is 5.92 Å². The second-order valence-electron chi connectivity index (χ2n) is 7.46. The maximum atomic E-state index is 11.9. The molecule has 0 saturated carbocycles. The van der Waals surface area contributed by atoms with E-state index in [0.717, 1.165) is 51.0 Å². The van der Waals surface area contributed by atoms with E-state index in [1.807, 2.05) is 0 Å². The SMILES string of the molecule is CCCCCCCC(CCCCC)Cc1cccc(S(=O)(=O)O)c1S(=O)(=O)O. The van der Waals surface area contributed by atoms with Gasteiger partial charge >= 0.3 is 0 Å². The Morgan fingerprint density at radius 1 is 0.786 bits per heavy atom. The second-order valence-corrected chi connectivity index (χ2v) is 10.2. The molecular formula is C20H34O6S2. The molecule has 2 N–H and O–H groups in total.